The van der Waals surface area contributed by atoms with Gasteiger partial charge in [0.2, 0.25) is 10.0 Å². The van der Waals surface area contributed by atoms with Gasteiger partial charge in [-0.15, -0.1) is 0 Å². The number of aromatic nitrogens is 1. The summed E-state index contributed by atoms with van der Waals surface area (Å²) in [7, 11) is -1.93. The smallest absolute Gasteiger partial charge is 0.244 e. The van der Waals surface area contributed by atoms with E-state index >= 15 is 0 Å². The van der Waals surface area contributed by atoms with Crippen LogP contribution in [0.15, 0.2) is 23.2 Å². The minimum absolute atomic E-state index is 0.0503. The SMILES string of the molecule is CN([C@@H]1[C@H]2CCO[C@@H]2C1(C)C)S(=O)(=O)c1ccc(Cl)nc1. The summed E-state index contributed by atoms with van der Waals surface area (Å²) in [6.07, 6.45) is 2.38. The Hall–Kier alpha value is -0.690. The number of ether oxygens (including phenoxy) is 1. The van der Waals surface area contributed by atoms with E-state index in [2.05, 4.69) is 18.8 Å². The maximum Gasteiger partial charge on any atom is 0.244 e. The Labute approximate surface area is 130 Å². The molecule has 0 radical (unpaired) electrons. The molecule has 0 spiro atoms. The maximum atomic E-state index is 12.8. The van der Waals surface area contributed by atoms with Crippen molar-refractivity contribution in [3.05, 3.63) is 23.5 Å². The van der Waals surface area contributed by atoms with Crippen LogP contribution in [0.5, 0.6) is 0 Å². The van der Waals surface area contributed by atoms with E-state index < -0.39 is 10.0 Å². The van der Waals surface area contributed by atoms with Crippen LogP contribution in [-0.4, -0.2) is 43.5 Å². The lowest BCUT2D eigenvalue weighted by molar-refractivity contribution is -0.131. The van der Waals surface area contributed by atoms with Crippen LogP contribution in [0.2, 0.25) is 5.15 Å². The Morgan fingerprint density at radius 3 is 2.76 bits per heavy atom. The summed E-state index contributed by atoms with van der Waals surface area (Å²) in [4.78, 5) is 4.04. The Bertz CT molecular complexity index is 645. The molecule has 3 atom stereocenters. The van der Waals surface area contributed by atoms with Crippen LogP contribution in [0.3, 0.4) is 0 Å². The fourth-order valence-electron chi connectivity index (χ4n) is 3.87. The summed E-state index contributed by atoms with van der Waals surface area (Å²) in [6, 6.07) is 2.94. The predicted octanol–water partition coefficient (Wildman–Crippen LogP) is 2.17. The number of hydrogen-bond acceptors (Lipinski definition) is 4. The molecule has 2 aliphatic rings. The maximum absolute atomic E-state index is 12.8. The van der Waals surface area contributed by atoms with Gasteiger partial charge < -0.3 is 4.74 Å². The average Bonchev–Trinajstić information content (AvgIpc) is 2.85. The second-order valence-corrected chi connectivity index (χ2v) is 8.73. The summed E-state index contributed by atoms with van der Waals surface area (Å²) < 4.78 is 32.7. The molecular formula is C14H19ClN2O3S. The van der Waals surface area contributed by atoms with Gasteiger partial charge in [0.25, 0.3) is 0 Å². The number of rotatable bonds is 3. The van der Waals surface area contributed by atoms with E-state index in [0.29, 0.717) is 6.61 Å². The highest BCUT2D eigenvalue weighted by Gasteiger charge is 2.62. The summed E-state index contributed by atoms with van der Waals surface area (Å²) in [5.74, 6) is 0.278. The minimum atomic E-state index is -3.57. The molecule has 7 heteroatoms. The van der Waals surface area contributed by atoms with Crippen molar-refractivity contribution < 1.29 is 13.2 Å². The monoisotopic (exact) mass is 330 g/mol. The first-order valence-electron chi connectivity index (χ1n) is 6.97. The molecule has 0 bridgehead atoms. The zero-order chi connectivity index (χ0) is 15.4. The van der Waals surface area contributed by atoms with Crippen molar-refractivity contribution in [1.29, 1.82) is 0 Å². The Morgan fingerprint density at radius 2 is 2.14 bits per heavy atom. The molecule has 1 saturated carbocycles. The second-order valence-electron chi connectivity index (χ2n) is 6.35. The second kappa shape index (κ2) is 4.91. The van der Waals surface area contributed by atoms with Gasteiger partial charge in [-0.3, -0.25) is 0 Å². The predicted molar refractivity (Wildman–Crippen MR) is 79.6 cm³/mol. The van der Waals surface area contributed by atoms with E-state index in [1.54, 1.807) is 7.05 Å². The normalized spacial score (nSPS) is 31.0. The largest absolute Gasteiger partial charge is 0.377 e. The first-order chi connectivity index (χ1) is 9.76. The van der Waals surface area contributed by atoms with Gasteiger partial charge in [0.15, 0.2) is 0 Å². The van der Waals surface area contributed by atoms with E-state index in [1.165, 1.54) is 22.6 Å². The lowest BCUT2D eigenvalue weighted by Crippen LogP contribution is -2.66. The van der Waals surface area contributed by atoms with Crippen LogP contribution in [0, 0.1) is 11.3 Å². The number of nitrogens with zero attached hydrogens (tertiary/aromatic N) is 2. The zero-order valence-electron chi connectivity index (χ0n) is 12.3. The van der Waals surface area contributed by atoms with Crippen molar-refractivity contribution in [2.45, 2.75) is 37.3 Å². The highest BCUT2D eigenvalue weighted by Crippen LogP contribution is 2.55. The van der Waals surface area contributed by atoms with Gasteiger partial charge in [0.05, 0.1) is 6.10 Å². The van der Waals surface area contributed by atoms with Crippen LogP contribution < -0.4 is 0 Å². The molecule has 1 aliphatic carbocycles. The average molecular weight is 331 g/mol. The Balaban J connectivity index is 1.91. The van der Waals surface area contributed by atoms with Crippen LogP contribution in [0.25, 0.3) is 0 Å². The molecule has 0 aromatic carbocycles. The fraction of sp³-hybridized carbons (Fsp3) is 0.643. The fourth-order valence-corrected chi connectivity index (χ4v) is 5.46. The van der Waals surface area contributed by atoms with Crippen molar-refractivity contribution >= 4 is 21.6 Å². The molecule has 2 fully saturated rings. The van der Waals surface area contributed by atoms with Crippen molar-refractivity contribution in [2.75, 3.05) is 13.7 Å². The van der Waals surface area contributed by atoms with Crippen molar-refractivity contribution in [3.63, 3.8) is 0 Å². The summed E-state index contributed by atoms with van der Waals surface area (Å²) >= 11 is 5.72. The molecule has 0 amide bonds. The summed E-state index contributed by atoms with van der Waals surface area (Å²) in [5, 5.41) is 0.282. The molecule has 1 aromatic heterocycles. The third kappa shape index (κ3) is 2.20. The number of sulfonamides is 1. The molecule has 1 saturated heterocycles. The standard InChI is InChI=1S/C14H19ClN2O3S/c1-14(2)12(10-6-7-20-13(10)14)17(3)21(18,19)9-4-5-11(15)16-8-9/h4-5,8,10,12-13H,6-7H2,1-3H3/t10-,12-,13+/m1/s1. The molecule has 1 aliphatic heterocycles. The van der Waals surface area contributed by atoms with Crippen LogP contribution in [-0.2, 0) is 14.8 Å². The van der Waals surface area contributed by atoms with Crippen molar-refractivity contribution in [1.82, 2.24) is 9.29 Å². The van der Waals surface area contributed by atoms with E-state index in [0.717, 1.165) is 6.42 Å². The van der Waals surface area contributed by atoms with Crippen molar-refractivity contribution in [3.8, 4) is 0 Å². The highest BCUT2D eigenvalue weighted by atomic mass is 35.5. The molecular weight excluding hydrogens is 312 g/mol. The van der Waals surface area contributed by atoms with E-state index in [9.17, 15) is 8.42 Å². The van der Waals surface area contributed by atoms with Gasteiger partial charge >= 0.3 is 0 Å². The lowest BCUT2D eigenvalue weighted by Gasteiger charge is -2.57. The first-order valence-corrected chi connectivity index (χ1v) is 8.79. The van der Waals surface area contributed by atoms with Gasteiger partial charge in [-0.05, 0) is 18.6 Å². The van der Waals surface area contributed by atoms with Gasteiger partial charge in [-0.2, -0.15) is 4.31 Å². The third-order valence-electron chi connectivity index (χ3n) is 4.81. The number of hydrogen-bond donors (Lipinski definition) is 0. The van der Waals surface area contributed by atoms with Gasteiger partial charge in [0.1, 0.15) is 10.0 Å². The molecule has 0 N–H and O–H groups in total. The van der Waals surface area contributed by atoms with E-state index in [4.69, 9.17) is 16.3 Å². The van der Waals surface area contributed by atoms with Crippen LogP contribution >= 0.6 is 11.6 Å². The number of halogens is 1. The van der Waals surface area contributed by atoms with E-state index in [-0.39, 0.29) is 33.5 Å². The number of fused-ring (bicyclic) bond motifs is 1. The Morgan fingerprint density at radius 1 is 1.43 bits per heavy atom. The Kier molecular flexibility index (Phi) is 3.56. The highest BCUT2D eigenvalue weighted by molar-refractivity contribution is 7.89. The van der Waals surface area contributed by atoms with Gasteiger partial charge in [0, 0.05) is 37.2 Å². The topological polar surface area (TPSA) is 59.5 Å². The van der Waals surface area contributed by atoms with Crippen LogP contribution in [0.4, 0.5) is 0 Å². The van der Waals surface area contributed by atoms with Gasteiger partial charge in [-0.1, -0.05) is 25.4 Å². The molecule has 3 rings (SSSR count). The summed E-state index contributed by atoms with van der Waals surface area (Å²) in [5.41, 5.74) is -0.178. The van der Waals surface area contributed by atoms with Gasteiger partial charge in [-0.25, -0.2) is 13.4 Å². The van der Waals surface area contributed by atoms with Crippen LogP contribution in [0.1, 0.15) is 20.3 Å². The molecule has 0 unspecified atom stereocenters. The first kappa shape index (κ1) is 15.2. The molecule has 116 valence electrons. The zero-order valence-corrected chi connectivity index (χ0v) is 13.9. The molecule has 21 heavy (non-hydrogen) atoms. The quantitative estimate of drug-likeness (QED) is 0.797. The summed E-state index contributed by atoms with van der Waals surface area (Å²) in [6.45, 7) is 4.85. The molecule has 2 heterocycles. The molecule has 5 nitrogen and oxygen atoms in total. The number of pyridine rings is 1. The minimum Gasteiger partial charge on any atom is -0.377 e. The lowest BCUT2D eigenvalue weighted by atomic mass is 9.57. The van der Waals surface area contributed by atoms with E-state index in [1.807, 2.05) is 0 Å². The molecule has 1 aromatic rings. The van der Waals surface area contributed by atoms with Crippen molar-refractivity contribution in [2.24, 2.45) is 11.3 Å². The third-order valence-corrected chi connectivity index (χ3v) is 6.85.